The molecule has 4 heteroatoms. The van der Waals surface area contributed by atoms with Crippen molar-refractivity contribution < 1.29 is 0 Å². The van der Waals surface area contributed by atoms with Crippen LogP contribution in [-0.4, -0.2) is 10.4 Å². The van der Waals surface area contributed by atoms with Gasteiger partial charge in [-0.05, 0) is 12.2 Å². The predicted molar refractivity (Wildman–Crippen MR) is 45.5 cm³/mol. The van der Waals surface area contributed by atoms with E-state index in [1.807, 2.05) is 0 Å². The van der Waals surface area contributed by atoms with Crippen LogP contribution in [0.4, 0.5) is 0 Å². The summed E-state index contributed by atoms with van der Waals surface area (Å²) in [7, 11) is 0. The first-order valence-electron chi connectivity index (χ1n) is 2.72. The fourth-order valence-corrected chi connectivity index (χ4v) is 1.39. The molecule has 0 aromatic rings. The lowest BCUT2D eigenvalue weighted by atomic mass is 10.1. The average Bonchev–Trinajstić information content (AvgIpc) is 1.78. The summed E-state index contributed by atoms with van der Waals surface area (Å²) in [5, 5.41) is 0.520. The Balaban J connectivity index is 2.88. The molecular weight excluding hydrogens is 192 g/mol. The normalized spacial score (nSPS) is 30.0. The molecule has 0 amide bonds. The lowest BCUT2D eigenvalue weighted by Crippen LogP contribution is -2.37. The number of rotatable bonds is 0. The standard InChI is InChI=1S/C6H6Cl3N/c7-4-1-2-5(10)6(8,9)3-4/h1-3,5H,10H2. The van der Waals surface area contributed by atoms with Crippen molar-refractivity contribution in [3.8, 4) is 0 Å². The van der Waals surface area contributed by atoms with E-state index >= 15 is 0 Å². The fourth-order valence-electron chi connectivity index (χ4n) is 0.652. The van der Waals surface area contributed by atoms with E-state index in [4.69, 9.17) is 40.5 Å². The molecule has 1 rings (SSSR count). The molecule has 0 aromatic heterocycles. The van der Waals surface area contributed by atoms with Crippen molar-refractivity contribution in [2.45, 2.75) is 10.4 Å². The highest BCUT2D eigenvalue weighted by Gasteiger charge is 2.30. The molecule has 0 aliphatic heterocycles. The third kappa shape index (κ3) is 1.67. The van der Waals surface area contributed by atoms with E-state index in [2.05, 4.69) is 0 Å². The fraction of sp³-hybridized carbons (Fsp3) is 0.333. The van der Waals surface area contributed by atoms with Gasteiger partial charge in [0, 0.05) is 5.03 Å². The lowest BCUT2D eigenvalue weighted by molar-refractivity contribution is 0.778. The maximum absolute atomic E-state index is 5.75. The van der Waals surface area contributed by atoms with Crippen LogP contribution >= 0.6 is 34.8 Å². The molecule has 1 aliphatic carbocycles. The third-order valence-electron chi connectivity index (χ3n) is 1.24. The number of nitrogens with two attached hydrogens (primary N) is 1. The number of alkyl halides is 2. The summed E-state index contributed by atoms with van der Waals surface area (Å²) in [5.74, 6) is 0. The minimum Gasteiger partial charge on any atom is -0.322 e. The van der Waals surface area contributed by atoms with E-state index < -0.39 is 4.33 Å². The molecule has 56 valence electrons. The van der Waals surface area contributed by atoms with Gasteiger partial charge in [-0.25, -0.2) is 0 Å². The minimum absolute atomic E-state index is 0.377. The summed E-state index contributed by atoms with van der Waals surface area (Å²) < 4.78 is -1.05. The number of halogens is 3. The van der Waals surface area contributed by atoms with E-state index in [1.54, 1.807) is 12.2 Å². The van der Waals surface area contributed by atoms with Gasteiger partial charge >= 0.3 is 0 Å². The van der Waals surface area contributed by atoms with Gasteiger partial charge in [-0.3, -0.25) is 0 Å². The summed E-state index contributed by atoms with van der Waals surface area (Å²) in [6, 6.07) is -0.377. The largest absolute Gasteiger partial charge is 0.322 e. The predicted octanol–water partition coefficient (Wildman–Crippen LogP) is 2.18. The minimum atomic E-state index is -1.05. The van der Waals surface area contributed by atoms with Crippen LogP contribution in [0.15, 0.2) is 23.3 Å². The van der Waals surface area contributed by atoms with Crippen molar-refractivity contribution >= 4 is 34.8 Å². The second-order valence-corrected chi connectivity index (χ2v) is 3.97. The molecule has 2 N–H and O–H groups in total. The van der Waals surface area contributed by atoms with Crippen LogP contribution in [0, 0.1) is 0 Å². The van der Waals surface area contributed by atoms with Crippen molar-refractivity contribution in [1.82, 2.24) is 0 Å². The molecule has 0 saturated carbocycles. The molecule has 0 aromatic carbocycles. The summed E-state index contributed by atoms with van der Waals surface area (Å²) in [5.41, 5.74) is 5.52. The van der Waals surface area contributed by atoms with Crippen LogP contribution in [0.3, 0.4) is 0 Å². The smallest absolute Gasteiger partial charge is 0.156 e. The Morgan fingerprint density at radius 3 is 2.50 bits per heavy atom. The lowest BCUT2D eigenvalue weighted by Gasteiger charge is -2.23. The van der Waals surface area contributed by atoms with E-state index in [9.17, 15) is 0 Å². The van der Waals surface area contributed by atoms with Crippen LogP contribution < -0.4 is 5.73 Å². The Hall–Kier alpha value is 0.310. The Morgan fingerprint density at radius 1 is 1.50 bits per heavy atom. The van der Waals surface area contributed by atoms with Gasteiger partial charge in [-0.1, -0.05) is 40.9 Å². The van der Waals surface area contributed by atoms with Crippen LogP contribution in [-0.2, 0) is 0 Å². The van der Waals surface area contributed by atoms with Gasteiger partial charge < -0.3 is 5.73 Å². The van der Waals surface area contributed by atoms with Gasteiger partial charge in [0.25, 0.3) is 0 Å². The Labute approximate surface area is 74.4 Å². The maximum atomic E-state index is 5.75. The van der Waals surface area contributed by atoms with Gasteiger partial charge in [-0.2, -0.15) is 0 Å². The maximum Gasteiger partial charge on any atom is 0.156 e. The monoisotopic (exact) mass is 197 g/mol. The molecule has 0 spiro atoms. The highest BCUT2D eigenvalue weighted by atomic mass is 35.5. The molecule has 0 saturated heterocycles. The summed E-state index contributed by atoms with van der Waals surface area (Å²) in [4.78, 5) is 0. The SMILES string of the molecule is NC1C=CC(Cl)=CC1(Cl)Cl. The zero-order chi connectivity index (χ0) is 7.78. The second-order valence-electron chi connectivity index (χ2n) is 2.09. The molecule has 1 unspecified atom stereocenters. The van der Waals surface area contributed by atoms with Gasteiger partial charge in [0.2, 0.25) is 0 Å². The first-order chi connectivity index (χ1) is 4.52. The van der Waals surface area contributed by atoms with Gasteiger partial charge in [0.1, 0.15) is 0 Å². The van der Waals surface area contributed by atoms with Crippen molar-refractivity contribution in [2.75, 3.05) is 0 Å². The van der Waals surface area contributed by atoms with E-state index in [0.29, 0.717) is 5.03 Å². The number of hydrogen-bond donors (Lipinski definition) is 1. The molecule has 1 aliphatic rings. The Morgan fingerprint density at radius 2 is 2.10 bits per heavy atom. The van der Waals surface area contributed by atoms with Crippen LogP contribution in [0.5, 0.6) is 0 Å². The second kappa shape index (κ2) is 2.74. The zero-order valence-electron chi connectivity index (χ0n) is 5.02. The number of allylic oxidation sites excluding steroid dienone is 2. The van der Waals surface area contributed by atoms with E-state index in [1.165, 1.54) is 6.08 Å². The van der Waals surface area contributed by atoms with Crippen LogP contribution in [0.1, 0.15) is 0 Å². The third-order valence-corrected chi connectivity index (χ3v) is 2.19. The summed E-state index contributed by atoms with van der Waals surface area (Å²) in [6.45, 7) is 0. The molecule has 0 heterocycles. The van der Waals surface area contributed by atoms with Crippen molar-refractivity contribution in [2.24, 2.45) is 5.73 Å². The Kier molecular flexibility index (Phi) is 2.31. The molecule has 1 atom stereocenters. The Bertz CT molecular complexity index is 195. The quantitative estimate of drug-likeness (QED) is 0.593. The summed E-state index contributed by atoms with van der Waals surface area (Å²) in [6.07, 6.45) is 4.86. The van der Waals surface area contributed by atoms with E-state index in [-0.39, 0.29) is 6.04 Å². The molecule has 10 heavy (non-hydrogen) atoms. The topological polar surface area (TPSA) is 26.0 Å². The number of hydrogen-bond acceptors (Lipinski definition) is 1. The van der Waals surface area contributed by atoms with Gasteiger partial charge in [-0.15, -0.1) is 0 Å². The highest BCUT2D eigenvalue weighted by Crippen LogP contribution is 2.32. The first kappa shape index (κ1) is 8.41. The molecular formula is C6H6Cl3N. The highest BCUT2D eigenvalue weighted by molar-refractivity contribution is 6.51. The van der Waals surface area contributed by atoms with Gasteiger partial charge in [0.05, 0.1) is 6.04 Å². The van der Waals surface area contributed by atoms with Crippen molar-refractivity contribution in [3.05, 3.63) is 23.3 Å². The van der Waals surface area contributed by atoms with Crippen LogP contribution in [0.2, 0.25) is 0 Å². The molecule has 0 bridgehead atoms. The average molecular weight is 198 g/mol. The molecule has 0 radical (unpaired) electrons. The van der Waals surface area contributed by atoms with Crippen molar-refractivity contribution in [1.29, 1.82) is 0 Å². The van der Waals surface area contributed by atoms with Crippen LogP contribution in [0.25, 0.3) is 0 Å². The summed E-state index contributed by atoms with van der Waals surface area (Å²) >= 11 is 17.1. The van der Waals surface area contributed by atoms with Crippen molar-refractivity contribution in [3.63, 3.8) is 0 Å². The molecule has 1 nitrogen and oxygen atoms in total. The molecule has 0 fully saturated rings. The first-order valence-corrected chi connectivity index (χ1v) is 3.86. The van der Waals surface area contributed by atoms with Gasteiger partial charge in [0.15, 0.2) is 4.33 Å². The van der Waals surface area contributed by atoms with E-state index in [0.717, 1.165) is 0 Å². The zero-order valence-corrected chi connectivity index (χ0v) is 7.29.